The van der Waals surface area contributed by atoms with Gasteiger partial charge < -0.3 is 4.52 Å². The van der Waals surface area contributed by atoms with Gasteiger partial charge in [-0.1, -0.05) is 38.8 Å². The Hall–Kier alpha value is -0.790. The summed E-state index contributed by atoms with van der Waals surface area (Å²) in [5.41, 5.74) is 1.24. The number of aryl methyl sites for hydroxylation is 1. The third-order valence-electron chi connectivity index (χ3n) is 2.48. The van der Waals surface area contributed by atoms with Gasteiger partial charge in [-0.05, 0) is 13.3 Å². The summed E-state index contributed by atoms with van der Waals surface area (Å²) < 4.78 is 5.08. The first-order valence-corrected chi connectivity index (χ1v) is 5.00. The molecule has 0 aliphatic heterocycles. The van der Waals surface area contributed by atoms with Gasteiger partial charge >= 0.3 is 0 Å². The predicted molar refractivity (Wildman–Crippen MR) is 53.8 cm³/mol. The molecule has 2 heteroatoms. The molecular weight excluding hydrogens is 162 g/mol. The fourth-order valence-corrected chi connectivity index (χ4v) is 1.43. The van der Waals surface area contributed by atoms with Crippen LogP contribution in [0.3, 0.4) is 0 Å². The first-order chi connectivity index (χ1) is 6.06. The molecular formula is C11H19NO. The van der Waals surface area contributed by atoms with E-state index >= 15 is 0 Å². The van der Waals surface area contributed by atoms with Crippen molar-refractivity contribution in [2.45, 2.75) is 52.4 Å². The summed E-state index contributed by atoms with van der Waals surface area (Å²) in [5, 5.41) is 4.07. The van der Waals surface area contributed by atoms with Crippen molar-refractivity contribution in [3.05, 3.63) is 17.5 Å². The first-order valence-electron chi connectivity index (χ1n) is 5.00. The van der Waals surface area contributed by atoms with E-state index in [-0.39, 0.29) is 5.41 Å². The number of unbranched alkanes of at least 4 members (excludes halogenated alkanes) is 1. The van der Waals surface area contributed by atoms with E-state index in [4.69, 9.17) is 4.52 Å². The zero-order chi connectivity index (χ0) is 9.90. The van der Waals surface area contributed by atoms with Crippen LogP contribution in [0.25, 0.3) is 0 Å². The van der Waals surface area contributed by atoms with Gasteiger partial charge in [0.15, 0.2) is 0 Å². The molecule has 74 valence electrons. The monoisotopic (exact) mass is 181 g/mol. The third kappa shape index (κ3) is 2.58. The minimum atomic E-state index is 0.160. The van der Waals surface area contributed by atoms with Crippen molar-refractivity contribution >= 4 is 0 Å². The van der Waals surface area contributed by atoms with E-state index in [0.29, 0.717) is 0 Å². The molecule has 0 spiro atoms. The van der Waals surface area contributed by atoms with Crippen LogP contribution in [0.1, 0.15) is 51.5 Å². The van der Waals surface area contributed by atoms with Gasteiger partial charge in [-0.25, -0.2) is 0 Å². The zero-order valence-electron chi connectivity index (χ0n) is 9.05. The average Bonchev–Trinajstić information content (AvgIpc) is 2.49. The van der Waals surface area contributed by atoms with E-state index < -0.39 is 0 Å². The fourth-order valence-electron chi connectivity index (χ4n) is 1.43. The molecule has 0 atom stereocenters. The molecule has 1 aromatic rings. The lowest BCUT2D eigenvalue weighted by Crippen LogP contribution is -2.17. The largest absolute Gasteiger partial charge is 0.361 e. The van der Waals surface area contributed by atoms with Crippen molar-refractivity contribution in [2.75, 3.05) is 0 Å². The highest BCUT2D eigenvalue weighted by atomic mass is 16.5. The molecule has 0 unspecified atom stereocenters. The fraction of sp³-hybridized carbons (Fsp3) is 0.727. The smallest absolute Gasteiger partial charge is 0.133 e. The maximum atomic E-state index is 5.08. The summed E-state index contributed by atoms with van der Waals surface area (Å²) in [6.45, 7) is 8.59. The Morgan fingerprint density at radius 3 is 2.62 bits per heavy atom. The quantitative estimate of drug-likeness (QED) is 0.711. The van der Waals surface area contributed by atoms with E-state index in [2.05, 4.69) is 25.9 Å². The van der Waals surface area contributed by atoms with Gasteiger partial charge in [0.1, 0.15) is 5.76 Å². The Bertz CT molecular complexity index is 263. The van der Waals surface area contributed by atoms with Crippen molar-refractivity contribution in [3.8, 4) is 0 Å². The number of nitrogens with zero attached hydrogens (tertiary/aromatic N) is 1. The standard InChI is InChI=1S/C11H19NO/c1-5-6-7-11(3,4)10-8-9(2)13-12-10/h8H,5-7H2,1-4H3. The third-order valence-corrected chi connectivity index (χ3v) is 2.48. The van der Waals surface area contributed by atoms with Gasteiger partial charge in [0.25, 0.3) is 0 Å². The maximum Gasteiger partial charge on any atom is 0.133 e. The lowest BCUT2D eigenvalue weighted by atomic mass is 9.84. The van der Waals surface area contributed by atoms with E-state index in [9.17, 15) is 0 Å². The van der Waals surface area contributed by atoms with Crippen LogP contribution >= 0.6 is 0 Å². The summed E-state index contributed by atoms with van der Waals surface area (Å²) in [5.74, 6) is 0.902. The molecule has 13 heavy (non-hydrogen) atoms. The summed E-state index contributed by atoms with van der Waals surface area (Å²) in [7, 11) is 0. The van der Waals surface area contributed by atoms with Crippen molar-refractivity contribution in [1.82, 2.24) is 5.16 Å². The molecule has 0 radical (unpaired) electrons. The van der Waals surface area contributed by atoms with Gasteiger partial charge in [0.2, 0.25) is 0 Å². The number of rotatable bonds is 4. The predicted octanol–water partition coefficient (Wildman–Crippen LogP) is 3.45. The van der Waals surface area contributed by atoms with Crippen LogP contribution in [0, 0.1) is 6.92 Å². The normalized spacial score (nSPS) is 12.0. The SMILES string of the molecule is CCCCC(C)(C)c1cc(C)on1. The van der Waals surface area contributed by atoms with Crippen molar-refractivity contribution < 1.29 is 4.52 Å². The highest BCUT2D eigenvalue weighted by molar-refractivity contribution is 5.14. The van der Waals surface area contributed by atoms with Crippen LogP contribution in [0.4, 0.5) is 0 Å². The zero-order valence-corrected chi connectivity index (χ0v) is 9.05. The van der Waals surface area contributed by atoms with Crippen LogP contribution in [0.5, 0.6) is 0 Å². The van der Waals surface area contributed by atoms with Gasteiger partial charge in [-0.3, -0.25) is 0 Å². The van der Waals surface area contributed by atoms with Crippen molar-refractivity contribution in [1.29, 1.82) is 0 Å². The average molecular weight is 181 g/mol. The number of hydrogen-bond acceptors (Lipinski definition) is 2. The number of hydrogen-bond donors (Lipinski definition) is 0. The summed E-state index contributed by atoms with van der Waals surface area (Å²) in [6, 6.07) is 2.04. The molecule has 0 aliphatic carbocycles. The van der Waals surface area contributed by atoms with Gasteiger partial charge in [0, 0.05) is 11.5 Å². The van der Waals surface area contributed by atoms with E-state index in [1.807, 2.05) is 13.0 Å². The summed E-state index contributed by atoms with van der Waals surface area (Å²) >= 11 is 0. The molecule has 1 rings (SSSR count). The van der Waals surface area contributed by atoms with E-state index in [0.717, 1.165) is 11.5 Å². The van der Waals surface area contributed by atoms with Gasteiger partial charge in [-0.2, -0.15) is 0 Å². The summed E-state index contributed by atoms with van der Waals surface area (Å²) in [6.07, 6.45) is 3.66. The molecule has 0 saturated carbocycles. The molecule has 0 bridgehead atoms. The van der Waals surface area contributed by atoms with Crippen molar-refractivity contribution in [2.24, 2.45) is 0 Å². The molecule has 0 aromatic carbocycles. The molecule has 0 fully saturated rings. The van der Waals surface area contributed by atoms with E-state index in [1.165, 1.54) is 19.3 Å². The molecule has 0 aliphatic rings. The first kappa shape index (κ1) is 10.3. The minimum Gasteiger partial charge on any atom is -0.361 e. The van der Waals surface area contributed by atoms with Crippen LogP contribution in [-0.4, -0.2) is 5.16 Å². The topological polar surface area (TPSA) is 26.0 Å². The Morgan fingerprint density at radius 1 is 1.46 bits per heavy atom. The van der Waals surface area contributed by atoms with Crippen LogP contribution in [0.15, 0.2) is 10.6 Å². The molecule has 0 saturated heterocycles. The molecule has 2 nitrogen and oxygen atoms in total. The second-order valence-corrected chi connectivity index (χ2v) is 4.31. The second kappa shape index (κ2) is 3.95. The Labute approximate surface area is 80.3 Å². The molecule has 1 aromatic heterocycles. The highest BCUT2D eigenvalue weighted by Crippen LogP contribution is 2.28. The molecule has 0 N–H and O–H groups in total. The second-order valence-electron chi connectivity index (χ2n) is 4.31. The maximum absolute atomic E-state index is 5.08. The van der Waals surface area contributed by atoms with Crippen molar-refractivity contribution in [3.63, 3.8) is 0 Å². The summed E-state index contributed by atoms with van der Waals surface area (Å²) in [4.78, 5) is 0. The minimum absolute atomic E-state index is 0.160. The van der Waals surface area contributed by atoms with Crippen LogP contribution in [0.2, 0.25) is 0 Å². The Kier molecular flexibility index (Phi) is 3.12. The van der Waals surface area contributed by atoms with Crippen LogP contribution in [-0.2, 0) is 5.41 Å². The highest BCUT2D eigenvalue weighted by Gasteiger charge is 2.23. The Balaban J connectivity index is 2.68. The van der Waals surface area contributed by atoms with Gasteiger partial charge in [0.05, 0.1) is 5.69 Å². The Morgan fingerprint density at radius 2 is 2.15 bits per heavy atom. The molecule has 0 amide bonds. The number of aromatic nitrogens is 1. The lowest BCUT2D eigenvalue weighted by Gasteiger charge is -2.20. The lowest BCUT2D eigenvalue weighted by molar-refractivity contribution is 0.359. The van der Waals surface area contributed by atoms with Gasteiger partial charge in [-0.15, -0.1) is 0 Å². The molecule has 1 heterocycles. The van der Waals surface area contributed by atoms with Crippen LogP contribution < -0.4 is 0 Å². The van der Waals surface area contributed by atoms with E-state index in [1.54, 1.807) is 0 Å².